The van der Waals surface area contributed by atoms with Crippen LogP contribution < -0.4 is 10.2 Å². The SMILES string of the molecule is CC(CC(=O)[O-])c1ccccc1.CC(CC(=O)[O-])c1ccccc1.[Cu+2]. The van der Waals surface area contributed by atoms with Crippen molar-refractivity contribution in [1.82, 2.24) is 0 Å². The van der Waals surface area contributed by atoms with Gasteiger partial charge in [0.1, 0.15) is 0 Å². The van der Waals surface area contributed by atoms with Gasteiger partial charge in [0.2, 0.25) is 0 Å². The number of hydrogen-bond donors (Lipinski definition) is 0. The third-order valence-electron chi connectivity index (χ3n) is 3.68. The molecular weight excluding hydrogens is 368 g/mol. The Kier molecular flexibility index (Phi) is 11.3. The van der Waals surface area contributed by atoms with Crippen LogP contribution in [-0.2, 0) is 26.7 Å². The van der Waals surface area contributed by atoms with E-state index in [1.54, 1.807) is 0 Å². The maximum Gasteiger partial charge on any atom is 2.00 e. The Bertz CT molecular complexity index is 571. The van der Waals surface area contributed by atoms with Crippen LogP contribution in [0.2, 0.25) is 0 Å². The van der Waals surface area contributed by atoms with Crippen molar-refractivity contribution in [2.75, 3.05) is 0 Å². The van der Waals surface area contributed by atoms with Gasteiger partial charge in [0.15, 0.2) is 0 Å². The number of carboxylic acid groups (broad SMARTS) is 2. The van der Waals surface area contributed by atoms with Gasteiger partial charge in [0.05, 0.1) is 0 Å². The molecule has 0 aliphatic heterocycles. The number of benzene rings is 2. The molecule has 2 unspecified atom stereocenters. The fraction of sp³-hybridized carbons (Fsp3) is 0.300. The van der Waals surface area contributed by atoms with E-state index in [0.29, 0.717) is 0 Å². The number of carbonyl (C=O) groups excluding carboxylic acids is 2. The standard InChI is InChI=1S/2C10H12O2.Cu/c2*1-8(7-10(11)12)9-5-3-2-4-6-9;/h2*2-6,8H,7H2,1H3,(H,11,12);/q;;+2/p-2. The number of rotatable bonds is 6. The van der Waals surface area contributed by atoms with E-state index >= 15 is 0 Å². The van der Waals surface area contributed by atoms with Crippen molar-refractivity contribution in [2.45, 2.75) is 38.5 Å². The summed E-state index contributed by atoms with van der Waals surface area (Å²) in [5.41, 5.74) is 2.09. The number of carboxylic acids is 2. The van der Waals surface area contributed by atoms with E-state index in [9.17, 15) is 19.8 Å². The van der Waals surface area contributed by atoms with Crippen molar-refractivity contribution in [3.63, 3.8) is 0 Å². The second-order valence-corrected chi connectivity index (χ2v) is 5.78. The van der Waals surface area contributed by atoms with Crippen molar-refractivity contribution >= 4 is 11.9 Å². The zero-order valence-electron chi connectivity index (χ0n) is 14.3. The van der Waals surface area contributed by atoms with Crippen molar-refractivity contribution < 1.29 is 36.9 Å². The van der Waals surface area contributed by atoms with Gasteiger partial charge in [-0.3, -0.25) is 0 Å². The van der Waals surface area contributed by atoms with Gasteiger partial charge in [0.25, 0.3) is 0 Å². The molecule has 0 spiro atoms. The molecule has 5 heteroatoms. The van der Waals surface area contributed by atoms with Crippen molar-refractivity contribution in [3.8, 4) is 0 Å². The average molecular weight is 390 g/mol. The van der Waals surface area contributed by atoms with Crippen LogP contribution in [0, 0.1) is 0 Å². The van der Waals surface area contributed by atoms with Gasteiger partial charge in [-0.15, -0.1) is 0 Å². The molecule has 25 heavy (non-hydrogen) atoms. The Hall–Kier alpha value is -2.10. The van der Waals surface area contributed by atoms with E-state index in [1.165, 1.54) is 0 Å². The van der Waals surface area contributed by atoms with Gasteiger partial charge in [-0.2, -0.15) is 0 Å². The molecule has 2 aromatic carbocycles. The number of hydrogen-bond acceptors (Lipinski definition) is 4. The van der Waals surface area contributed by atoms with Gasteiger partial charge in [-0.1, -0.05) is 74.5 Å². The summed E-state index contributed by atoms with van der Waals surface area (Å²) in [5.74, 6) is -1.91. The van der Waals surface area contributed by atoms with Crippen LogP contribution >= 0.6 is 0 Å². The van der Waals surface area contributed by atoms with Crippen LogP contribution in [0.25, 0.3) is 0 Å². The predicted octanol–water partition coefficient (Wildman–Crippen LogP) is 1.86. The molecular formula is C20H22CuO4. The predicted molar refractivity (Wildman–Crippen MR) is 89.0 cm³/mol. The van der Waals surface area contributed by atoms with E-state index in [1.807, 2.05) is 74.5 Å². The van der Waals surface area contributed by atoms with Gasteiger partial charge in [-0.25, -0.2) is 0 Å². The molecule has 0 heterocycles. The summed E-state index contributed by atoms with van der Waals surface area (Å²) in [7, 11) is 0. The quantitative estimate of drug-likeness (QED) is 0.706. The molecule has 0 aliphatic carbocycles. The minimum absolute atomic E-state index is 0. The normalized spacial score (nSPS) is 11.9. The fourth-order valence-electron chi connectivity index (χ4n) is 2.30. The minimum atomic E-state index is -0.994. The maximum atomic E-state index is 10.3. The maximum absolute atomic E-state index is 10.3. The summed E-state index contributed by atoms with van der Waals surface area (Å²) >= 11 is 0. The number of carbonyl (C=O) groups is 2. The van der Waals surface area contributed by atoms with E-state index in [0.717, 1.165) is 11.1 Å². The van der Waals surface area contributed by atoms with Crippen LogP contribution in [0.4, 0.5) is 0 Å². The van der Waals surface area contributed by atoms with Crippen molar-refractivity contribution in [3.05, 3.63) is 71.8 Å². The molecule has 4 nitrogen and oxygen atoms in total. The van der Waals surface area contributed by atoms with E-state index in [4.69, 9.17) is 0 Å². The minimum Gasteiger partial charge on any atom is -0.550 e. The second-order valence-electron chi connectivity index (χ2n) is 5.78. The van der Waals surface area contributed by atoms with E-state index in [-0.39, 0.29) is 41.7 Å². The summed E-state index contributed by atoms with van der Waals surface area (Å²) in [6.45, 7) is 3.76. The van der Waals surface area contributed by atoms with Gasteiger partial charge in [0, 0.05) is 11.9 Å². The first kappa shape index (κ1) is 22.9. The van der Waals surface area contributed by atoms with Gasteiger partial charge < -0.3 is 19.8 Å². The summed E-state index contributed by atoms with van der Waals surface area (Å²) < 4.78 is 0. The fourth-order valence-corrected chi connectivity index (χ4v) is 2.30. The topological polar surface area (TPSA) is 80.3 Å². The molecule has 0 aliphatic rings. The molecule has 0 aromatic heterocycles. The first-order chi connectivity index (χ1) is 11.4. The number of aliphatic carboxylic acids is 2. The van der Waals surface area contributed by atoms with Crippen LogP contribution in [0.15, 0.2) is 60.7 Å². The molecule has 0 fully saturated rings. The molecule has 137 valence electrons. The Morgan fingerprint density at radius 3 is 1.24 bits per heavy atom. The van der Waals surface area contributed by atoms with E-state index in [2.05, 4.69) is 0 Å². The molecule has 0 N–H and O–H groups in total. The molecule has 0 saturated heterocycles. The summed E-state index contributed by atoms with van der Waals surface area (Å²) in [4.78, 5) is 20.5. The second kappa shape index (κ2) is 12.3. The summed E-state index contributed by atoms with van der Waals surface area (Å²) in [5, 5.41) is 20.5. The Labute approximate surface area is 159 Å². The van der Waals surface area contributed by atoms with Gasteiger partial charge >= 0.3 is 17.1 Å². The zero-order chi connectivity index (χ0) is 17.9. The third-order valence-corrected chi connectivity index (χ3v) is 3.68. The van der Waals surface area contributed by atoms with Crippen molar-refractivity contribution in [1.29, 1.82) is 0 Å². The smallest absolute Gasteiger partial charge is 0.550 e. The first-order valence-corrected chi connectivity index (χ1v) is 7.89. The van der Waals surface area contributed by atoms with Gasteiger partial charge in [-0.05, 0) is 35.8 Å². The molecule has 1 radical (unpaired) electrons. The largest absolute Gasteiger partial charge is 2.00 e. The monoisotopic (exact) mass is 389 g/mol. The molecule has 2 aromatic rings. The Morgan fingerprint density at radius 1 is 0.720 bits per heavy atom. The zero-order valence-corrected chi connectivity index (χ0v) is 15.2. The molecule has 2 atom stereocenters. The average Bonchev–Trinajstić information content (AvgIpc) is 2.56. The Morgan fingerprint density at radius 2 is 1.00 bits per heavy atom. The van der Waals surface area contributed by atoms with Crippen LogP contribution in [0.5, 0.6) is 0 Å². The van der Waals surface area contributed by atoms with Crippen LogP contribution in [-0.4, -0.2) is 11.9 Å². The first-order valence-electron chi connectivity index (χ1n) is 7.89. The third kappa shape index (κ3) is 9.70. The summed E-state index contributed by atoms with van der Waals surface area (Å²) in [6, 6.07) is 19.1. The molecule has 0 bridgehead atoms. The summed E-state index contributed by atoms with van der Waals surface area (Å²) in [6.07, 6.45) is 0.175. The molecule has 2 rings (SSSR count). The Balaban J connectivity index is 0.000000443. The van der Waals surface area contributed by atoms with Crippen molar-refractivity contribution in [2.24, 2.45) is 0 Å². The van der Waals surface area contributed by atoms with Crippen LogP contribution in [0.3, 0.4) is 0 Å². The van der Waals surface area contributed by atoms with E-state index < -0.39 is 11.9 Å². The molecule has 0 amide bonds. The molecule has 0 saturated carbocycles. The van der Waals surface area contributed by atoms with Crippen LogP contribution in [0.1, 0.15) is 49.7 Å².